The Balaban J connectivity index is 3.14. The smallest absolute Gasteiger partial charge is 0.311 e. The number of hydrogen-bond donors (Lipinski definition) is 3. The lowest BCUT2D eigenvalue weighted by atomic mass is 10.1. The van der Waals surface area contributed by atoms with Gasteiger partial charge >= 0.3 is 5.69 Å². The predicted octanol–water partition coefficient (Wildman–Crippen LogP) is 2.17. The maximum Gasteiger partial charge on any atom is 0.311 e. The molecule has 0 bridgehead atoms. The zero-order valence-corrected chi connectivity index (χ0v) is 13.9. The summed E-state index contributed by atoms with van der Waals surface area (Å²) < 4.78 is 5.01. The average Bonchev–Trinajstić information content (AvgIpc) is 2.53. The normalized spacial score (nSPS) is 11.8. The molecule has 1 aromatic rings. The van der Waals surface area contributed by atoms with Crippen LogP contribution in [0.25, 0.3) is 0 Å². The monoisotopic (exact) mass is 334 g/mol. The molecule has 0 unspecified atom stereocenters. The van der Waals surface area contributed by atoms with E-state index in [-0.39, 0.29) is 17.0 Å². The minimum absolute atomic E-state index is 0.00621. The molecule has 0 aliphatic heterocycles. The largest absolute Gasteiger partial charge is 0.490 e. The summed E-state index contributed by atoms with van der Waals surface area (Å²) >= 11 is 0. The summed E-state index contributed by atoms with van der Waals surface area (Å²) in [6.45, 7) is 4.38. The van der Waals surface area contributed by atoms with Crippen molar-refractivity contribution in [2.75, 3.05) is 19.0 Å². The number of ether oxygens (including phenoxy) is 1. The van der Waals surface area contributed by atoms with Crippen LogP contribution in [0.3, 0.4) is 0 Å². The molecule has 0 spiro atoms. The van der Waals surface area contributed by atoms with Crippen molar-refractivity contribution in [3.63, 3.8) is 0 Å². The molecule has 1 amide bonds. The fraction of sp³-hybridized carbons (Fsp3) is 0.312. The van der Waals surface area contributed by atoms with E-state index >= 15 is 0 Å². The minimum Gasteiger partial charge on any atom is -0.490 e. The molecule has 1 aromatic carbocycles. The molecule has 0 heterocycles. The number of nitrogens with zero attached hydrogens (tertiary/aromatic N) is 1. The first-order chi connectivity index (χ1) is 11.3. The van der Waals surface area contributed by atoms with Crippen LogP contribution in [0.1, 0.15) is 24.2 Å². The number of amides is 1. The zero-order chi connectivity index (χ0) is 18.3. The Morgan fingerprint density at radius 3 is 2.58 bits per heavy atom. The number of carbonyl (C=O) groups excluding carboxylic acids is 1. The van der Waals surface area contributed by atoms with E-state index in [9.17, 15) is 14.9 Å². The molecular formula is C16H22N4O4. The van der Waals surface area contributed by atoms with Gasteiger partial charge in [0.25, 0.3) is 5.91 Å². The van der Waals surface area contributed by atoms with E-state index in [1.54, 1.807) is 0 Å². The van der Waals surface area contributed by atoms with Crippen LogP contribution in [0.2, 0.25) is 0 Å². The van der Waals surface area contributed by atoms with Crippen molar-refractivity contribution in [1.82, 2.24) is 0 Å². The quantitative estimate of drug-likeness (QED) is 0.379. The number of allylic oxidation sites excluding steroid dienone is 1. The van der Waals surface area contributed by atoms with Crippen LogP contribution < -0.4 is 21.5 Å². The topological polar surface area (TPSA) is 134 Å². The van der Waals surface area contributed by atoms with Crippen molar-refractivity contribution in [1.29, 1.82) is 0 Å². The van der Waals surface area contributed by atoms with Crippen molar-refractivity contribution in [3.05, 3.63) is 51.7 Å². The van der Waals surface area contributed by atoms with Crippen molar-refractivity contribution in [2.24, 2.45) is 17.4 Å². The van der Waals surface area contributed by atoms with E-state index in [1.165, 1.54) is 19.4 Å². The van der Waals surface area contributed by atoms with Crippen LogP contribution in [0.4, 0.5) is 11.4 Å². The van der Waals surface area contributed by atoms with Crippen molar-refractivity contribution >= 4 is 17.3 Å². The maximum absolute atomic E-state index is 11.6. The third kappa shape index (κ3) is 5.01. The Labute approximate surface area is 140 Å². The number of nitrogens with one attached hydrogen (secondary N) is 1. The predicted molar refractivity (Wildman–Crippen MR) is 92.9 cm³/mol. The molecule has 24 heavy (non-hydrogen) atoms. The second-order valence-electron chi connectivity index (χ2n) is 5.39. The van der Waals surface area contributed by atoms with Gasteiger partial charge in [-0.2, -0.15) is 0 Å². The van der Waals surface area contributed by atoms with Crippen LogP contribution in [0.5, 0.6) is 5.75 Å². The molecule has 0 radical (unpaired) electrons. The Morgan fingerprint density at radius 2 is 2.12 bits per heavy atom. The van der Waals surface area contributed by atoms with E-state index < -0.39 is 10.8 Å². The highest BCUT2D eigenvalue weighted by molar-refractivity contribution is 5.99. The zero-order valence-electron chi connectivity index (χ0n) is 13.9. The highest BCUT2D eigenvalue weighted by Crippen LogP contribution is 2.33. The van der Waals surface area contributed by atoms with E-state index in [0.29, 0.717) is 18.2 Å². The SMILES string of the molecule is COc1cc(NCC(/C=C\C(C)C)=C/N)c(C(N)=O)cc1[N+](=O)[O-]. The van der Waals surface area contributed by atoms with E-state index in [2.05, 4.69) is 5.32 Å². The lowest BCUT2D eigenvalue weighted by molar-refractivity contribution is -0.385. The molecular weight excluding hydrogens is 312 g/mol. The first-order valence-electron chi connectivity index (χ1n) is 7.29. The number of benzene rings is 1. The van der Waals surface area contributed by atoms with Gasteiger partial charge in [0.1, 0.15) is 0 Å². The molecule has 0 aromatic heterocycles. The molecule has 8 heteroatoms. The Morgan fingerprint density at radius 1 is 1.46 bits per heavy atom. The van der Waals surface area contributed by atoms with Gasteiger partial charge in [-0.05, 0) is 17.7 Å². The maximum atomic E-state index is 11.6. The van der Waals surface area contributed by atoms with E-state index in [1.807, 2.05) is 26.0 Å². The molecule has 0 aliphatic carbocycles. The lowest BCUT2D eigenvalue weighted by Crippen LogP contribution is -2.16. The Kier molecular flexibility index (Phi) is 6.79. The number of anilines is 1. The van der Waals surface area contributed by atoms with Gasteiger partial charge in [0.15, 0.2) is 5.75 Å². The summed E-state index contributed by atoms with van der Waals surface area (Å²) in [5, 5.41) is 14.1. The summed E-state index contributed by atoms with van der Waals surface area (Å²) in [5.74, 6) is -0.386. The highest BCUT2D eigenvalue weighted by atomic mass is 16.6. The molecule has 0 fully saturated rings. The van der Waals surface area contributed by atoms with Gasteiger partial charge in [0.05, 0.1) is 23.3 Å². The summed E-state index contributed by atoms with van der Waals surface area (Å²) in [6, 6.07) is 2.47. The second kappa shape index (κ2) is 8.56. The number of hydrogen-bond acceptors (Lipinski definition) is 6. The average molecular weight is 334 g/mol. The van der Waals surface area contributed by atoms with Gasteiger partial charge in [-0.15, -0.1) is 0 Å². The first-order valence-corrected chi connectivity index (χ1v) is 7.29. The number of nitrogens with two attached hydrogens (primary N) is 2. The number of nitro groups is 1. The second-order valence-corrected chi connectivity index (χ2v) is 5.39. The number of rotatable bonds is 8. The lowest BCUT2D eigenvalue weighted by Gasteiger charge is -2.13. The molecule has 1 rings (SSSR count). The Bertz CT molecular complexity index is 681. The molecule has 8 nitrogen and oxygen atoms in total. The third-order valence-electron chi connectivity index (χ3n) is 3.17. The van der Waals surface area contributed by atoms with Crippen molar-refractivity contribution < 1.29 is 14.5 Å². The number of carbonyl (C=O) groups is 1. The van der Waals surface area contributed by atoms with Gasteiger partial charge in [-0.3, -0.25) is 14.9 Å². The van der Waals surface area contributed by atoms with Crippen LogP contribution in [-0.2, 0) is 0 Å². The fourth-order valence-corrected chi connectivity index (χ4v) is 1.91. The van der Waals surface area contributed by atoms with Crippen LogP contribution >= 0.6 is 0 Å². The van der Waals surface area contributed by atoms with Gasteiger partial charge in [0.2, 0.25) is 0 Å². The molecule has 5 N–H and O–H groups in total. The molecule has 0 aliphatic rings. The number of nitro benzene ring substituents is 1. The fourth-order valence-electron chi connectivity index (χ4n) is 1.91. The third-order valence-corrected chi connectivity index (χ3v) is 3.17. The standard InChI is InChI=1S/C16H22N4O4/c1-10(2)4-5-11(8-17)9-19-13-7-15(24-3)14(20(22)23)6-12(13)16(18)21/h4-8,10,19H,9,17H2,1-3H3,(H2,18,21)/b5-4-,11-8+. The van der Waals surface area contributed by atoms with E-state index in [4.69, 9.17) is 16.2 Å². The Hall–Kier alpha value is -3.03. The minimum atomic E-state index is -0.778. The van der Waals surface area contributed by atoms with Crippen LogP contribution in [-0.4, -0.2) is 24.5 Å². The number of methoxy groups -OCH3 is 1. The number of primary amides is 1. The first kappa shape index (κ1) is 19.0. The van der Waals surface area contributed by atoms with Gasteiger partial charge in [-0.25, -0.2) is 0 Å². The van der Waals surface area contributed by atoms with Crippen LogP contribution in [0.15, 0.2) is 36.1 Å². The summed E-state index contributed by atoms with van der Waals surface area (Å²) in [7, 11) is 1.31. The van der Waals surface area contributed by atoms with Gasteiger partial charge in [0, 0.05) is 18.7 Å². The van der Waals surface area contributed by atoms with Crippen molar-refractivity contribution in [2.45, 2.75) is 13.8 Å². The summed E-state index contributed by atoms with van der Waals surface area (Å²) in [5.41, 5.74) is 11.7. The molecule has 0 saturated heterocycles. The summed E-state index contributed by atoms with van der Waals surface area (Å²) in [4.78, 5) is 22.0. The van der Waals surface area contributed by atoms with Gasteiger partial charge in [-0.1, -0.05) is 26.0 Å². The van der Waals surface area contributed by atoms with Crippen LogP contribution in [0, 0.1) is 16.0 Å². The molecule has 0 saturated carbocycles. The van der Waals surface area contributed by atoms with E-state index in [0.717, 1.165) is 11.6 Å². The van der Waals surface area contributed by atoms with Crippen molar-refractivity contribution in [3.8, 4) is 5.75 Å². The van der Waals surface area contributed by atoms with Gasteiger partial charge < -0.3 is 21.5 Å². The molecule has 0 atom stereocenters. The summed E-state index contributed by atoms with van der Waals surface area (Å²) in [6.07, 6.45) is 5.29. The molecule has 130 valence electrons. The highest BCUT2D eigenvalue weighted by Gasteiger charge is 2.21.